The Morgan fingerprint density at radius 1 is 1.80 bits per heavy atom. The smallest absolute Gasteiger partial charge is 0.0950 e. The summed E-state index contributed by atoms with van der Waals surface area (Å²) in [4.78, 5) is 0. The van der Waals surface area contributed by atoms with E-state index >= 15 is 0 Å². The summed E-state index contributed by atoms with van der Waals surface area (Å²) in [5.74, 6) is 0. The fourth-order valence-corrected chi connectivity index (χ4v) is 0.802. The quantitative estimate of drug-likeness (QED) is 0.646. The minimum absolute atomic E-state index is 0.0382. The van der Waals surface area contributed by atoms with Crippen molar-refractivity contribution >= 4 is 0 Å². The Morgan fingerprint density at radius 3 is 3.10 bits per heavy atom. The van der Waals surface area contributed by atoms with Crippen LogP contribution in [0.1, 0.15) is 18.0 Å². The van der Waals surface area contributed by atoms with Gasteiger partial charge in [-0.25, -0.2) is 0 Å². The SMILES string of the molecule is C=CCC(N)c1ccoc1. The molecule has 0 aliphatic carbocycles. The molecule has 54 valence electrons. The van der Waals surface area contributed by atoms with Gasteiger partial charge in [-0.1, -0.05) is 6.08 Å². The fourth-order valence-electron chi connectivity index (χ4n) is 0.802. The number of nitrogens with two attached hydrogens (primary N) is 1. The highest BCUT2D eigenvalue weighted by atomic mass is 16.3. The largest absolute Gasteiger partial charge is 0.472 e. The molecular weight excluding hydrogens is 126 g/mol. The van der Waals surface area contributed by atoms with Crippen LogP contribution in [0.5, 0.6) is 0 Å². The minimum Gasteiger partial charge on any atom is -0.472 e. The standard InChI is InChI=1S/C8H11NO/c1-2-3-8(9)7-4-5-10-6-7/h2,4-6,8H,1,3,9H2. The van der Waals surface area contributed by atoms with Gasteiger partial charge in [0.15, 0.2) is 0 Å². The molecule has 1 aromatic heterocycles. The van der Waals surface area contributed by atoms with Crippen LogP contribution < -0.4 is 5.73 Å². The molecule has 2 nitrogen and oxygen atoms in total. The van der Waals surface area contributed by atoms with Crippen LogP contribution in [0.15, 0.2) is 35.7 Å². The van der Waals surface area contributed by atoms with E-state index < -0.39 is 0 Å². The zero-order chi connectivity index (χ0) is 7.40. The summed E-state index contributed by atoms with van der Waals surface area (Å²) >= 11 is 0. The molecule has 1 rings (SSSR count). The Kier molecular flexibility index (Phi) is 2.29. The van der Waals surface area contributed by atoms with Gasteiger partial charge in [-0.2, -0.15) is 0 Å². The van der Waals surface area contributed by atoms with Crippen LogP contribution >= 0.6 is 0 Å². The first-order chi connectivity index (χ1) is 4.84. The molecule has 0 radical (unpaired) electrons. The van der Waals surface area contributed by atoms with Gasteiger partial charge in [0, 0.05) is 11.6 Å². The summed E-state index contributed by atoms with van der Waals surface area (Å²) in [6, 6.07) is 1.91. The second-order valence-electron chi connectivity index (χ2n) is 2.19. The van der Waals surface area contributed by atoms with Crippen molar-refractivity contribution in [1.29, 1.82) is 0 Å². The highest BCUT2D eigenvalue weighted by molar-refractivity contribution is 5.11. The summed E-state index contributed by atoms with van der Waals surface area (Å²) < 4.78 is 4.87. The van der Waals surface area contributed by atoms with Crippen molar-refractivity contribution < 1.29 is 4.42 Å². The molecule has 1 unspecified atom stereocenters. The van der Waals surface area contributed by atoms with Gasteiger partial charge in [-0.3, -0.25) is 0 Å². The van der Waals surface area contributed by atoms with Crippen LogP contribution in [0.3, 0.4) is 0 Å². The van der Waals surface area contributed by atoms with E-state index in [1.807, 2.05) is 6.07 Å². The molecule has 0 spiro atoms. The molecule has 1 heterocycles. The van der Waals surface area contributed by atoms with E-state index in [1.54, 1.807) is 18.6 Å². The normalized spacial score (nSPS) is 12.9. The predicted octanol–water partition coefficient (Wildman–Crippen LogP) is 1.86. The van der Waals surface area contributed by atoms with Crippen molar-refractivity contribution in [1.82, 2.24) is 0 Å². The minimum atomic E-state index is 0.0382. The maximum absolute atomic E-state index is 5.72. The maximum atomic E-state index is 5.72. The molecular formula is C8H11NO. The molecule has 0 aliphatic rings. The predicted molar refractivity (Wildman–Crippen MR) is 40.5 cm³/mol. The Labute approximate surface area is 60.3 Å². The third-order valence-corrected chi connectivity index (χ3v) is 1.39. The number of furan rings is 1. The van der Waals surface area contributed by atoms with E-state index in [2.05, 4.69) is 6.58 Å². The van der Waals surface area contributed by atoms with Crippen LogP contribution in [-0.4, -0.2) is 0 Å². The summed E-state index contributed by atoms with van der Waals surface area (Å²) in [6.07, 6.45) is 5.88. The lowest BCUT2D eigenvalue weighted by Gasteiger charge is -2.03. The Morgan fingerprint density at radius 2 is 2.60 bits per heavy atom. The van der Waals surface area contributed by atoms with Gasteiger partial charge in [-0.05, 0) is 12.5 Å². The average molecular weight is 137 g/mol. The molecule has 0 amide bonds. The van der Waals surface area contributed by atoms with E-state index in [0.29, 0.717) is 0 Å². The Hall–Kier alpha value is -1.02. The molecule has 0 saturated heterocycles. The molecule has 1 atom stereocenters. The van der Waals surface area contributed by atoms with Crippen LogP contribution in [0.25, 0.3) is 0 Å². The first kappa shape index (κ1) is 7.09. The second-order valence-corrected chi connectivity index (χ2v) is 2.19. The molecule has 0 aromatic carbocycles. The average Bonchev–Trinajstić information content (AvgIpc) is 2.38. The zero-order valence-electron chi connectivity index (χ0n) is 5.79. The van der Waals surface area contributed by atoms with Crippen molar-refractivity contribution in [3.8, 4) is 0 Å². The van der Waals surface area contributed by atoms with E-state index in [9.17, 15) is 0 Å². The summed E-state index contributed by atoms with van der Waals surface area (Å²) in [7, 11) is 0. The van der Waals surface area contributed by atoms with Gasteiger partial charge in [0.2, 0.25) is 0 Å². The van der Waals surface area contributed by atoms with E-state index in [1.165, 1.54) is 0 Å². The van der Waals surface area contributed by atoms with Crippen molar-refractivity contribution in [2.24, 2.45) is 5.73 Å². The highest BCUT2D eigenvalue weighted by Gasteiger charge is 2.02. The summed E-state index contributed by atoms with van der Waals surface area (Å²) in [6.45, 7) is 3.60. The Bertz CT molecular complexity index is 191. The second kappa shape index (κ2) is 3.22. The van der Waals surface area contributed by atoms with E-state index in [4.69, 9.17) is 10.2 Å². The Balaban J connectivity index is 2.58. The van der Waals surface area contributed by atoms with Gasteiger partial charge in [0.25, 0.3) is 0 Å². The van der Waals surface area contributed by atoms with Gasteiger partial charge in [0.05, 0.1) is 12.5 Å². The lowest BCUT2D eigenvalue weighted by molar-refractivity contribution is 0.559. The molecule has 0 saturated carbocycles. The molecule has 0 fully saturated rings. The molecule has 1 aromatic rings. The lowest BCUT2D eigenvalue weighted by Crippen LogP contribution is -2.07. The van der Waals surface area contributed by atoms with Gasteiger partial charge < -0.3 is 10.2 Å². The first-order valence-electron chi connectivity index (χ1n) is 3.23. The topological polar surface area (TPSA) is 39.2 Å². The number of hydrogen-bond donors (Lipinski definition) is 1. The van der Waals surface area contributed by atoms with Gasteiger partial charge in [-0.15, -0.1) is 6.58 Å². The monoisotopic (exact) mass is 137 g/mol. The number of hydrogen-bond acceptors (Lipinski definition) is 2. The van der Waals surface area contributed by atoms with E-state index in [0.717, 1.165) is 12.0 Å². The van der Waals surface area contributed by atoms with Crippen LogP contribution in [-0.2, 0) is 0 Å². The van der Waals surface area contributed by atoms with Crippen molar-refractivity contribution in [2.75, 3.05) is 0 Å². The fraction of sp³-hybridized carbons (Fsp3) is 0.250. The summed E-state index contributed by atoms with van der Waals surface area (Å²) in [5.41, 5.74) is 6.75. The third kappa shape index (κ3) is 1.48. The molecule has 10 heavy (non-hydrogen) atoms. The third-order valence-electron chi connectivity index (χ3n) is 1.39. The van der Waals surface area contributed by atoms with Crippen LogP contribution in [0, 0.1) is 0 Å². The highest BCUT2D eigenvalue weighted by Crippen LogP contribution is 2.13. The van der Waals surface area contributed by atoms with Crippen molar-refractivity contribution in [3.05, 3.63) is 36.8 Å². The van der Waals surface area contributed by atoms with Crippen molar-refractivity contribution in [2.45, 2.75) is 12.5 Å². The first-order valence-corrected chi connectivity index (χ1v) is 3.23. The molecule has 2 N–H and O–H groups in total. The molecule has 2 heteroatoms. The molecule has 0 aliphatic heterocycles. The van der Waals surface area contributed by atoms with Gasteiger partial charge >= 0.3 is 0 Å². The zero-order valence-corrected chi connectivity index (χ0v) is 5.79. The maximum Gasteiger partial charge on any atom is 0.0950 e. The van der Waals surface area contributed by atoms with Crippen molar-refractivity contribution in [3.63, 3.8) is 0 Å². The molecule has 0 bridgehead atoms. The van der Waals surface area contributed by atoms with E-state index in [-0.39, 0.29) is 6.04 Å². The van der Waals surface area contributed by atoms with Crippen LogP contribution in [0.2, 0.25) is 0 Å². The van der Waals surface area contributed by atoms with Gasteiger partial charge in [0.1, 0.15) is 0 Å². The lowest BCUT2D eigenvalue weighted by atomic mass is 10.1. The summed E-state index contributed by atoms with van der Waals surface area (Å²) in [5, 5.41) is 0. The van der Waals surface area contributed by atoms with Crippen LogP contribution in [0.4, 0.5) is 0 Å². The number of rotatable bonds is 3.